The fraction of sp³-hybridized carbons (Fsp3) is 0.176. The molecule has 0 saturated heterocycles. The molecule has 25 heavy (non-hydrogen) atoms. The van der Waals surface area contributed by atoms with E-state index < -0.39 is 6.04 Å². The van der Waals surface area contributed by atoms with Crippen molar-refractivity contribution in [2.45, 2.75) is 13.0 Å². The maximum Gasteiger partial charge on any atom is 0.157 e. The zero-order valence-electron chi connectivity index (χ0n) is 13.6. The van der Waals surface area contributed by atoms with Gasteiger partial charge < -0.3 is 21.5 Å². The van der Waals surface area contributed by atoms with Crippen molar-refractivity contribution in [1.29, 1.82) is 0 Å². The Bertz CT molecular complexity index is 849. The Balaban J connectivity index is 1.79. The quantitative estimate of drug-likeness (QED) is 0.471. The number of nitrogens with zero attached hydrogens (tertiary/aromatic N) is 2. The zero-order valence-corrected chi connectivity index (χ0v) is 13.6. The van der Waals surface area contributed by atoms with Gasteiger partial charge in [-0.1, -0.05) is 12.1 Å². The summed E-state index contributed by atoms with van der Waals surface area (Å²) in [5.41, 5.74) is 8.08. The molecule has 0 aliphatic rings. The number of halogens is 1. The van der Waals surface area contributed by atoms with Gasteiger partial charge in [-0.2, -0.15) is 5.10 Å². The number of aliphatic hydroxyl groups excluding tert-OH is 1. The zero-order chi connectivity index (χ0) is 17.8. The summed E-state index contributed by atoms with van der Waals surface area (Å²) in [6.45, 7) is 1.72. The molecule has 0 aliphatic carbocycles. The van der Waals surface area contributed by atoms with Gasteiger partial charge in [-0.25, -0.2) is 9.37 Å². The lowest BCUT2D eigenvalue weighted by Crippen LogP contribution is -2.16. The smallest absolute Gasteiger partial charge is 0.157 e. The lowest BCUT2D eigenvalue weighted by molar-refractivity contribution is 0.276. The van der Waals surface area contributed by atoms with Crippen LogP contribution >= 0.6 is 0 Å². The lowest BCUT2D eigenvalue weighted by atomic mass is 10.1. The third kappa shape index (κ3) is 4.04. The van der Waals surface area contributed by atoms with Crippen molar-refractivity contribution in [3.05, 3.63) is 59.5 Å². The van der Waals surface area contributed by atoms with Crippen molar-refractivity contribution in [3.8, 4) is 0 Å². The van der Waals surface area contributed by atoms with Crippen molar-refractivity contribution in [2.75, 3.05) is 23.0 Å². The Labute approximate surface area is 144 Å². The fourth-order valence-electron chi connectivity index (χ4n) is 2.36. The minimum Gasteiger partial charge on any atom is -0.396 e. The molecule has 7 nitrogen and oxygen atoms in total. The highest BCUT2D eigenvalue weighted by Crippen LogP contribution is 2.25. The third-order valence-corrected chi connectivity index (χ3v) is 3.66. The molecule has 6 N–H and O–H groups in total. The Morgan fingerprint density at radius 1 is 1.20 bits per heavy atom. The van der Waals surface area contributed by atoms with Gasteiger partial charge in [0.05, 0.1) is 18.3 Å². The fourth-order valence-corrected chi connectivity index (χ4v) is 2.36. The number of rotatable bonds is 6. The number of nitrogens with one attached hydrogen (secondary N) is 3. The second-order valence-electron chi connectivity index (χ2n) is 5.63. The van der Waals surface area contributed by atoms with Gasteiger partial charge in [0, 0.05) is 11.8 Å². The highest BCUT2D eigenvalue weighted by Gasteiger charge is 2.13. The average molecular weight is 342 g/mol. The van der Waals surface area contributed by atoms with E-state index in [9.17, 15) is 9.50 Å². The van der Waals surface area contributed by atoms with Gasteiger partial charge in [-0.05, 0) is 36.8 Å². The summed E-state index contributed by atoms with van der Waals surface area (Å²) in [6.07, 6.45) is 0. The van der Waals surface area contributed by atoms with Crippen LogP contribution < -0.4 is 16.4 Å². The highest BCUT2D eigenvalue weighted by atomic mass is 19.1. The van der Waals surface area contributed by atoms with Crippen molar-refractivity contribution in [1.82, 2.24) is 15.2 Å². The number of aliphatic hydroxyl groups is 1. The van der Waals surface area contributed by atoms with E-state index in [1.165, 1.54) is 12.1 Å². The molecule has 0 saturated carbocycles. The molecule has 3 rings (SSSR count). The summed E-state index contributed by atoms with van der Waals surface area (Å²) >= 11 is 0. The summed E-state index contributed by atoms with van der Waals surface area (Å²) in [6, 6.07) is 10.8. The monoisotopic (exact) mass is 342 g/mol. The van der Waals surface area contributed by atoms with Crippen LogP contribution in [0.5, 0.6) is 0 Å². The number of hydrogen-bond acceptors (Lipinski definition) is 6. The van der Waals surface area contributed by atoms with E-state index in [0.29, 0.717) is 23.1 Å². The molecule has 0 unspecified atom stereocenters. The van der Waals surface area contributed by atoms with Crippen LogP contribution in [0.4, 0.5) is 27.5 Å². The minimum atomic E-state index is -0.419. The molecule has 1 atom stereocenters. The number of aromatic nitrogens is 3. The van der Waals surface area contributed by atoms with Gasteiger partial charge in [0.25, 0.3) is 0 Å². The molecule has 0 bridgehead atoms. The van der Waals surface area contributed by atoms with Crippen LogP contribution in [0.3, 0.4) is 0 Å². The predicted octanol–water partition coefficient (Wildman–Crippen LogP) is 2.72. The minimum absolute atomic E-state index is 0.168. The molecule has 2 aromatic heterocycles. The van der Waals surface area contributed by atoms with Gasteiger partial charge in [-0.15, -0.1) is 0 Å². The summed E-state index contributed by atoms with van der Waals surface area (Å²) < 4.78 is 13.1. The van der Waals surface area contributed by atoms with Crippen molar-refractivity contribution in [2.24, 2.45) is 0 Å². The van der Waals surface area contributed by atoms with E-state index in [0.717, 1.165) is 11.3 Å². The van der Waals surface area contributed by atoms with Crippen LogP contribution in [0.1, 0.15) is 17.3 Å². The molecule has 1 aromatic carbocycles. The number of hydrogen-bond donors (Lipinski definition) is 5. The highest BCUT2D eigenvalue weighted by molar-refractivity contribution is 5.69. The summed E-state index contributed by atoms with van der Waals surface area (Å²) in [5, 5.41) is 22.7. The number of aromatic amines is 1. The number of nitrogen functional groups attached to an aromatic ring is 1. The third-order valence-electron chi connectivity index (χ3n) is 3.66. The average Bonchev–Trinajstić information content (AvgIpc) is 3.01. The number of H-pyrrole nitrogens is 1. The molecule has 3 aromatic rings. The van der Waals surface area contributed by atoms with E-state index >= 15 is 0 Å². The Morgan fingerprint density at radius 3 is 2.60 bits per heavy atom. The lowest BCUT2D eigenvalue weighted by Gasteiger charge is -2.18. The molecule has 0 radical (unpaired) electrons. The maximum absolute atomic E-state index is 13.1. The van der Waals surface area contributed by atoms with Crippen LogP contribution in [0.25, 0.3) is 0 Å². The Morgan fingerprint density at radius 2 is 1.96 bits per heavy atom. The second-order valence-corrected chi connectivity index (χ2v) is 5.63. The van der Waals surface area contributed by atoms with Crippen LogP contribution in [-0.4, -0.2) is 26.9 Å². The SMILES string of the molecule is Cc1cc(Nc2nc(N[C@@H](CO)c3ccc(F)cc3)ccc2N)n[nH]1. The Kier molecular flexibility index (Phi) is 4.80. The molecule has 0 aliphatic heterocycles. The van der Waals surface area contributed by atoms with E-state index in [2.05, 4.69) is 25.8 Å². The van der Waals surface area contributed by atoms with Gasteiger partial charge >= 0.3 is 0 Å². The molecule has 0 fully saturated rings. The maximum atomic E-state index is 13.1. The Hall–Kier alpha value is -3.13. The van der Waals surface area contributed by atoms with Crippen LogP contribution in [-0.2, 0) is 0 Å². The molecular weight excluding hydrogens is 323 g/mol. The van der Waals surface area contributed by atoms with Gasteiger partial charge in [0.2, 0.25) is 0 Å². The van der Waals surface area contributed by atoms with Crippen LogP contribution in [0, 0.1) is 12.7 Å². The summed E-state index contributed by atoms with van der Waals surface area (Å²) in [7, 11) is 0. The van der Waals surface area contributed by atoms with E-state index in [4.69, 9.17) is 5.73 Å². The van der Waals surface area contributed by atoms with Crippen LogP contribution in [0.2, 0.25) is 0 Å². The van der Waals surface area contributed by atoms with Crippen LogP contribution in [0.15, 0.2) is 42.5 Å². The second kappa shape index (κ2) is 7.18. The summed E-state index contributed by atoms with van der Waals surface area (Å²) in [5.74, 6) is 1.25. The standard InChI is InChI=1S/C17H19FN6O/c1-10-8-16(24-23-10)22-17-13(19)6-7-15(21-17)20-14(9-25)11-2-4-12(18)5-3-11/h2-8,14,25H,9,19H2,1H3,(H3,20,21,22,23,24)/t14-/m0/s1. The number of anilines is 4. The first kappa shape index (κ1) is 16.7. The van der Waals surface area contributed by atoms with E-state index in [-0.39, 0.29) is 12.4 Å². The van der Waals surface area contributed by atoms with Gasteiger partial charge in [-0.3, -0.25) is 5.10 Å². The van der Waals surface area contributed by atoms with E-state index in [1.54, 1.807) is 24.3 Å². The molecule has 2 heterocycles. The molecular formula is C17H19FN6O. The normalized spacial score (nSPS) is 12.0. The topological polar surface area (TPSA) is 112 Å². The van der Waals surface area contributed by atoms with Crippen molar-refractivity contribution < 1.29 is 9.50 Å². The summed E-state index contributed by atoms with van der Waals surface area (Å²) in [4.78, 5) is 4.42. The molecule has 8 heteroatoms. The largest absolute Gasteiger partial charge is 0.396 e. The molecule has 0 spiro atoms. The number of nitrogens with two attached hydrogens (primary N) is 1. The van der Waals surface area contributed by atoms with Gasteiger partial charge in [0.15, 0.2) is 11.6 Å². The molecule has 130 valence electrons. The van der Waals surface area contributed by atoms with Crippen molar-refractivity contribution >= 4 is 23.1 Å². The van der Waals surface area contributed by atoms with Gasteiger partial charge in [0.1, 0.15) is 11.6 Å². The number of pyridine rings is 1. The molecule has 0 amide bonds. The first-order chi connectivity index (χ1) is 12.0. The first-order valence-corrected chi connectivity index (χ1v) is 7.73. The predicted molar refractivity (Wildman–Crippen MR) is 95.1 cm³/mol. The van der Waals surface area contributed by atoms with Crippen molar-refractivity contribution in [3.63, 3.8) is 0 Å². The first-order valence-electron chi connectivity index (χ1n) is 7.73. The van der Waals surface area contributed by atoms with E-state index in [1.807, 2.05) is 13.0 Å². The number of aryl methyl sites for hydroxylation is 1. The number of benzene rings is 1.